The second kappa shape index (κ2) is 8.88. The highest BCUT2D eigenvalue weighted by molar-refractivity contribution is 7.09. The largest absolute Gasteiger partial charge is 0.353 e. The summed E-state index contributed by atoms with van der Waals surface area (Å²) < 4.78 is 0. The molecule has 2 aliphatic heterocycles. The van der Waals surface area contributed by atoms with Gasteiger partial charge in [0.25, 0.3) is 0 Å². The Hall–Kier alpha value is -2.18. The summed E-state index contributed by atoms with van der Waals surface area (Å²) in [6.45, 7) is 3.73. The van der Waals surface area contributed by atoms with Gasteiger partial charge in [0.1, 0.15) is 0 Å². The number of benzene rings is 1. The maximum Gasteiger partial charge on any atom is 0.237 e. The number of amides is 2. The zero-order valence-electron chi connectivity index (χ0n) is 16.0. The van der Waals surface area contributed by atoms with Crippen LogP contribution in [0.15, 0.2) is 47.8 Å². The molecule has 0 saturated carbocycles. The Labute approximate surface area is 170 Å². The van der Waals surface area contributed by atoms with Gasteiger partial charge in [-0.2, -0.15) is 0 Å². The fourth-order valence-corrected chi connectivity index (χ4v) is 4.99. The summed E-state index contributed by atoms with van der Waals surface area (Å²) in [5, 5.41) is 4.98. The third-order valence-electron chi connectivity index (χ3n) is 5.87. The van der Waals surface area contributed by atoms with Gasteiger partial charge in [0.15, 0.2) is 0 Å². The average molecular weight is 398 g/mol. The molecule has 4 rings (SSSR count). The van der Waals surface area contributed by atoms with Crippen LogP contribution in [0.4, 0.5) is 0 Å². The second-order valence-corrected chi connectivity index (χ2v) is 8.66. The minimum atomic E-state index is -0.366. The van der Waals surface area contributed by atoms with E-state index in [1.807, 2.05) is 17.0 Å². The van der Waals surface area contributed by atoms with Gasteiger partial charge in [-0.05, 0) is 35.8 Å². The molecule has 0 bridgehead atoms. The molecule has 0 aliphatic carbocycles. The van der Waals surface area contributed by atoms with E-state index >= 15 is 0 Å². The standard InChI is InChI=1S/C22H27N3O2S/c26-21(24-11-8-18(9-12-24)17-5-2-1-3-6-17)15-20-22(27)23-10-13-25(20)16-19-7-4-14-28-19/h1-7,14,18,20H,8-13,15-16H2,(H,23,27). The first-order valence-corrected chi connectivity index (χ1v) is 11.0. The van der Waals surface area contributed by atoms with Gasteiger partial charge in [0.05, 0.1) is 12.5 Å². The molecule has 2 aliphatic rings. The quantitative estimate of drug-likeness (QED) is 0.844. The topological polar surface area (TPSA) is 52.7 Å². The number of carbonyl (C=O) groups excluding carboxylic acids is 2. The van der Waals surface area contributed by atoms with Crippen molar-refractivity contribution in [2.24, 2.45) is 0 Å². The molecule has 1 aromatic carbocycles. The van der Waals surface area contributed by atoms with Crippen LogP contribution in [0.5, 0.6) is 0 Å². The van der Waals surface area contributed by atoms with Gasteiger partial charge in [-0.25, -0.2) is 0 Å². The van der Waals surface area contributed by atoms with Gasteiger partial charge < -0.3 is 10.2 Å². The minimum absolute atomic E-state index is 0.0182. The third-order valence-corrected chi connectivity index (χ3v) is 6.73. The Bertz CT molecular complexity index is 785. The Balaban J connectivity index is 1.34. The Morgan fingerprint density at radius 2 is 1.86 bits per heavy atom. The van der Waals surface area contributed by atoms with Crippen molar-refractivity contribution < 1.29 is 9.59 Å². The molecular weight excluding hydrogens is 370 g/mol. The number of nitrogens with one attached hydrogen (secondary N) is 1. The fourth-order valence-electron chi connectivity index (χ4n) is 4.26. The number of carbonyl (C=O) groups is 2. The summed E-state index contributed by atoms with van der Waals surface area (Å²) in [7, 11) is 0. The highest BCUT2D eigenvalue weighted by Gasteiger charge is 2.34. The van der Waals surface area contributed by atoms with Crippen LogP contribution in [-0.4, -0.2) is 53.8 Å². The van der Waals surface area contributed by atoms with Gasteiger partial charge in [-0.3, -0.25) is 14.5 Å². The number of rotatable bonds is 5. The maximum atomic E-state index is 12.9. The molecule has 28 heavy (non-hydrogen) atoms. The van der Waals surface area contributed by atoms with Crippen LogP contribution in [0.3, 0.4) is 0 Å². The first-order chi connectivity index (χ1) is 13.7. The monoisotopic (exact) mass is 397 g/mol. The first kappa shape index (κ1) is 19.2. The lowest BCUT2D eigenvalue weighted by molar-refractivity contribution is -0.139. The molecule has 2 aromatic rings. The Morgan fingerprint density at radius 1 is 1.07 bits per heavy atom. The number of hydrogen-bond acceptors (Lipinski definition) is 4. The maximum absolute atomic E-state index is 12.9. The van der Waals surface area contributed by atoms with Crippen LogP contribution in [0.2, 0.25) is 0 Å². The molecule has 2 saturated heterocycles. The van der Waals surface area contributed by atoms with E-state index in [0.717, 1.165) is 39.0 Å². The minimum Gasteiger partial charge on any atom is -0.353 e. The normalized spacial score (nSPS) is 21.5. The van der Waals surface area contributed by atoms with Crippen molar-refractivity contribution in [1.29, 1.82) is 0 Å². The van der Waals surface area contributed by atoms with Crippen LogP contribution in [-0.2, 0) is 16.1 Å². The molecule has 148 valence electrons. The van der Waals surface area contributed by atoms with E-state index in [-0.39, 0.29) is 24.3 Å². The molecule has 2 fully saturated rings. The van der Waals surface area contributed by atoms with Crippen molar-refractivity contribution in [2.75, 3.05) is 26.2 Å². The lowest BCUT2D eigenvalue weighted by Gasteiger charge is -2.37. The molecule has 1 N–H and O–H groups in total. The van der Waals surface area contributed by atoms with E-state index in [1.165, 1.54) is 10.4 Å². The number of thiophene rings is 1. The molecule has 1 unspecified atom stereocenters. The van der Waals surface area contributed by atoms with Crippen molar-refractivity contribution in [2.45, 2.75) is 37.8 Å². The van der Waals surface area contributed by atoms with Gasteiger partial charge >= 0.3 is 0 Å². The zero-order chi connectivity index (χ0) is 19.3. The number of nitrogens with zero attached hydrogens (tertiary/aromatic N) is 2. The molecule has 2 amide bonds. The van der Waals surface area contributed by atoms with E-state index in [9.17, 15) is 9.59 Å². The van der Waals surface area contributed by atoms with Crippen LogP contribution in [0.25, 0.3) is 0 Å². The fraction of sp³-hybridized carbons (Fsp3) is 0.455. The lowest BCUT2D eigenvalue weighted by atomic mass is 9.89. The molecule has 5 nitrogen and oxygen atoms in total. The smallest absolute Gasteiger partial charge is 0.237 e. The molecule has 1 aromatic heterocycles. The van der Waals surface area contributed by atoms with E-state index in [0.29, 0.717) is 12.5 Å². The van der Waals surface area contributed by atoms with Gasteiger partial charge in [0.2, 0.25) is 11.8 Å². The highest BCUT2D eigenvalue weighted by atomic mass is 32.1. The van der Waals surface area contributed by atoms with Gasteiger partial charge in [-0.15, -0.1) is 11.3 Å². The van der Waals surface area contributed by atoms with E-state index < -0.39 is 0 Å². The van der Waals surface area contributed by atoms with E-state index in [2.05, 4.69) is 45.9 Å². The summed E-state index contributed by atoms with van der Waals surface area (Å²) >= 11 is 1.70. The summed E-state index contributed by atoms with van der Waals surface area (Å²) in [6.07, 6.45) is 2.25. The van der Waals surface area contributed by atoms with Crippen LogP contribution < -0.4 is 5.32 Å². The summed E-state index contributed by atoms with van der Waals surface area (Å²) in [5.74, 6) is 0.610. The van der Waals surface area contributed by atoms with E-state index in [1.54, 1.807) is 11.3 Å². The third kappa shape index (κ3) is 4.45. The van der Waals surface area contributed by atoms with Crippen LogP contribution in [0.1, 0.15) is 35.6 Å². The molecule has 3 heterocycles. The highest BCUT2D eigenvalue weighted by Crippen LogP contribution is 2.28. The molecule has 0 spiro atoms. The second-order valence-electron chi connectivity index (χ2n) is 7.63. The van der Waals surface area contributed by atoms with Gasteiger partial charge in [-0.1, -0.05) is 36.4 Å². The van der Waals surface area contributed by atoms with Gasteiger partial charge in [0, 0.05) is 37.6 Å². The number of piperazine rings is 1. The van der Waals surface area contributed by atoms with Crippen molar-refractivity contribution in [1.82, 2.24) is 15.1 Å². The Kier molecular flexibility index (Phi) is 6.07. The molecule has 0 radical (unpaired) electrons. The van der Waals surface area contributed by atoms with Crippen LogP contribution >= 0.6 is 11.3 Å². The number of likely N-dealkylation sites (tertiary alicyclic amines) is 1. The molecule has 6 heteroatoms. The predicted molar refractivity (Wildman–Crippen MR) is 111 cm³/mol. The number of hydrogen-bond donors (Lipinski definition) is 1. The zero-order valence-corrected chi connectivity index (χ0v) is 16.9. The van der Waals surface area contributed by atoms with Crippen molar-refractivity contribution in [3.8, 4) is 0 Å². The van der Waals surface area contributed by atoms with Crippen LogP contribution in [0, 0.1) is 0 Å². The predicted octanol–water partition coefficient (Wildman–Crippen LogP) is 2.84. The summed E-state index contributed by atoms with van der Waals surface area (Å²) in [5.41, 5.74) is 1.36. The lowest BCUT2D eigenvalue weighted by Crippen LogP contribution is -2.56. The molecule has 1 atom stereocenters. The first-order valence-electron chi connectivity index (χ1n) is 10.1. The van der Waals surface area contributed by atoms with Crippen molar-refractivity contribution in [3.63, 3.8) is 0 Å². The number of piperidine rings is 1. The van der Waals surface area contributed by atoms with Crippen molar-refractivity contribution in [3.05, 3.63) is 58.3 Å². The SMILES string of the molecule is O=C1NCCN(Cc2cccs2)C1CC(=O)N1CCC(c2ccccc2)CC1. The summed E-state index contributed by atoms with van der Waals surface area (Å²) in [4.78, 5) is 30.7. The van der Waals surface area contributed by atoms with Crippen molar-refractivity contribution >= 4 is 23.2 Å². The van der Waals surface area contributed by atoms with E-state index in [4.69, 9.17) is 0 Å². The average Bonchev–Trinajstić information content (AvgIpc) is 3.24. The Morgan fingerprint density at radius 3 is 2.57 bits per heavy atom. The summed E-state index contributed by atoms with van der Waals surface area (Å²) in [6, 6.07) is 14.3. The molecular formula is C22H27N3O2S.